The highest BCUT2D eigenvalue weighted by atomic mass is 19.2. The quantitative estimate of drug-likeness (QED) is 0.366. The molecule has 1 N–H and O–H groups in total. The zero-order valence-corrected chi connectivity index (χ0v) is 12.9. The lowest BCUT2D eigenvalue weighted by Crippen LogP contribution is -2.10. The second-order valence-corrected chi connectivity index (χ2v) is 6.09. The standard InChI is InChI=1S/C17H16F4N2/c1-17(2,3)11-6-4-10(5-7-11)9-22-23-16-14(20)12(18)8-13(19)15(16)21/h4-9,23H,1-3H3. The normalized spacial score (nSPS) is 12.0. The second kappa shape index (κ2) is 6.40. The summed E-state index contributed by atoms with van der Waals surface area (Å²) in [4.78, 5) is 0. The summed E-state index contributed by atoms with van der Waals surface area (Å²) in [7, 11) is 0. The Morgan fingerprint density at radius 3 is 1.91 bits per heavy atom. The number of halogens is 4. The van der Waals surface area contributed by atoms with Crippen molar-refractivity contribution < 1.29 is 17.6 Å². The first-order chi connectivity index (χ1) is 10.7. The number of benzene rings is 2. The van der Waals surface area contributed by atoms with Gasteiger partial charge in [-0.2, -0.15) is 5.10 Å². The summed E-state index contributed by atoms with van der Waals surface area (Å²) < 4.78 is 53.0. The van der Waals surface area contributed by atoms with E-state index in [0.717, 1.165) is 5.56 Å². The molecule has 0 heterocycles. The third-order valence-corrected chi connectivity index (χ3v) is 3.28. The van der Waals surface area contributed by atoms with Crippen LogP contribution < -0.4 is 5.43 Å². The smallest absolute Gasteiger partial charge is 0.186 e. The summed E-state index contributed by atoms with van der Waals surface area (Å²) in [6.45, 7) is 6.21. The van der Waals surface area contributed by atoms with Crippen LogP contribution in [0, 0.1) is 23.3 Å². The molecule has 23 heavy (non-hydrogen) atoms. The fraction of sp³-hybridized carbons (Fsp3) is 0.235. The van der Waals surface area contributed by atoms with Gasteiger partial charge in [0.2, 0.25) is 0 Å². The zero-order chi connectivity index (χ0) is 17.2. The van der Waals surface area contributed by atoms with Crippen LogP contribution in [0.1, 0.15) is 31.9 Å². The highest BCUT2D eigenvalue weighted by molar-refractivity contribution is 5.80. The third-order valence-electron chi connectivity index (χ3n) is 3.28. The first kappa shape index (κ1) is 17.0. The summed E-state index contributed by atoms with van der Waals surface area (Å²) in [6, 6.07) is 7.52. The Morgan fingerprint density at radius 2 is 1.43 bits per heavy atom. The highest BCUT2D eigenvalue weighted by Gasteiger charge is 2.18. The first-order valence-corrected chi connectivity index (χ1v) is 6.93. The van der Waals surface area contributed by atoms with Gasteiger partial charge in [0, 0.05) is 6.07 Å². The molecule has 0 aromatic heterocycles. The maximum absolute atomic E-state index is 13.4. The van der Waals surface area contributed by atoms with Crippen LogP contribution in [0.4, 0.5) is 23.2 Å². The number of anilines is 1. The monoisotopic (exact) mass is 324 g/mol. The van der Waals surface area contributed by atoms with Gasteiger partial charge in [-0.15, -0.1) is 0 Å². The van der Waals surface area contributed by atoms with E-state index in [4.69, 9.17) is 0 Å². The predicted molar refractivity (Wildman–Crippen MR) is 82.6 cm³/mol. The summed E-state index contributed by atoms with van der Waals surface area (Å²) in [6.07, 6.45) is 1.30. The van der Waals surface area contributed by atoms with E-state index in [1.165, 1.54) is 6.21 Å². The van der Waals surface area contributed by atoms with Crippen LogP contribution in [0.2, 0.25) is 0 Å². The molecule has 2 aromatic rings. The topological polar surface area (TPSA) is 24.4 Å². The number of rotatable bonds is 3. The molecule has 0 atom stereocenters. The van der Waals surface area contributed by atoms with Crippen molar-refractivity contribution in [2.45, 2.75) is 26.2 Å². The van der Waals surface area contributed by atoms with Gasteiger partial charge < -0.3 is 0 Å². The Hall–Kier alpha value is -2.37. The van der Waals surface area contributed by atoms with E-state index in [9.17, 15) is 17.6 Å². The molecule has 2 nitrogen and oxygen atoms in total. The van der Waals surface area contributed by atoms with E-state index in [2.05, 4.69) is 25.9 Å². The minimum atomic E-state index is -1.52. The molecule has 0 unspecified atom stereocenters. The average Bonchev–Trinajstić information content (AvgIpc) is 2.48. The summed E-state index contributed by atoms with van der Waals surface area (Å²) >= 11 is 0. The fourth-order valence-corrected chi connectivity index (χ4v) is 1.91. The maximum atomic E-state index is 13.4. The van der Waals surface area contributed by atoms with Gasteiger partial charge in [0.25, 0.3) is 0 Å². The van der Waals surface area contributed by atoms with Crippen LogP contribution in [0.3, 0.4) is 0 Å². The lowest BCUT2D eigenvalue weighted by molar-refractivity contribution is 0.458. The van der Waals surface area contributed by atoms with E-state index in [1.807, 2.05) is 17.6 Å². The fourth-order valence-electron chi connectivity index (χ4n) is 1.91. The Morgan fingerprint density at radius 1 is 0.913 bits per heavy atom. The van der Waals surface area contributed by atoms with Gasteiger partial charge in [-0.25, -0.2) is 17.6 Å². The molecule has 0 fully saturated rings. The Kier molecular flexibility index (Phi) is 4.73. The summed E-state index contributed by atoms with van der Waals surface area (Å²) in [5, 5.41) is 3.62. The number of nitrogens with zero attached hydrogens (tertiary/aromatic N) is 1. The van der Waals surface area contributed by atoms with Crippen LogP contribution >= 0.6 is 0 Å². The van der Waals surface area contributed by atoms with Crippen LogP contribution in [0.5, 0.6) is 0 Å². The second-order valence-electron chi connectivity index (χ2n) is 6.09. The summed E-state index contributed by atoms with van der Waals surface area (Å²) in [5.74, 6) is -6.03. The average molecular weight is 324 g/mol. The largest absolute Gasteiger partial charge is 0.272 e. The molecule has 0 saturated heterocycles. The van der Waals surface area contributed by atoms with Crippen molar-refractivity contribution in [2.24, 2.45) is 5.10 Å². The minimum absolute atomic E-state index is 0.000722. The molecule has 0 amide bonds. The third kappa shape index (κ3) is 3.88. The Balaban J connectivity index is 2.17. The van der Waals surface area contributed by atoms with Crippen LogP contribution in [0.25, 0.3) is 0 Å². The molecule has 0 aliphatic heterocycles. The van der Waals surface area contributed by atoms with Gasteiger partial charge in [0.05, 0.1) is 6.21 Å². The molecule has 0 saturated carbocycles. The van der Waals surface area contributed by atoms with Gasteiger partial charge in [0.15, 0.2) is 23.3 Å². The van der Waals surface area contributed by atoms with Crippen molar-refractivity contribution in [1.29, 1.82) is 0 Å². The molecular formula is C17H16F4N2. The van der Waals surface area contributed by atoms with Crippen LogP contribution in [-0.2, 0) is 5.41 Å². The predicted octanol–water partition coefficient (Wildman–Crippen LogP) is 4.99. The first-order valence-electron chi connectivity index (χ1n) is 6.93. The van der Waals surface area contributed by atoms with E-state index < -0.39 is 29.0 Å². The van der Waals surface area contributed by atoms with E-state index >= 15 is 0 Å². The molecule has 2 aromatic carbocycles. The minimum Gasteiger partial charge on any atom is -0.272 e. The molecule has 0 bridgehead atoms. The van der Waals surface area contributed by atoms with Gasteiger partial charge in [-0.3, -0.25) is 5.43 Å². The van der Waals surface area contributed by atoms with E-state index in [1.54, 1.807) is 12.1 Å². The molecule has 6 heteroatoms. The van der Waals surface area contributed by atoms with Crippen molar-refractivity contribution in [1.82, 2.24) is 0 Å². The van der Waals surface area contributed by atoms with Crippen molar-refractivity contribution in [3.63, 3.8) is 0 Å². The van der Waals surface area contributed by atoms with Crippen molar-refractivity contribution in [3.05, 3.63) is 64.7 Å². The zero-order valence-electron chi connectivity index (χ0n) is 12.9. The SMILES string of the molecule is CC(C)(C)c1ccc(C=NNc2c(F)c(F)cc(F)c2F)cc1. The van der Waals surface area contributed by atoms with Crippen molar-refractivity contribution >= 4 is 11.9 Å². The summed E-state index contributed by atoms with van der Waals surface area (Å²) in [5.41, 5.74) is 2.81. The lowest BCUT2D eigenvalue weighted by Gasteiger charge is -2.18. The van der Waals surface area contributed by atoms with Gasteiger partial charge in [0.1, 0.15) is 5.69 Å². The molecule has 0 aliphatic carbocycles. The van der Waals surface area contributed by atoms with Crippen LogP contribution in [-0.4, -0.2) is 6.21 Å². The molecule has 2 rings (SSSR count). The molecular weight excluding hydrogens is 308 g/mol. The molecule has 0 radical (unpaired) electrons. The van der Waals surface area contributed by atoms with E-state index in [-0.39, 0.29) is 11.5 Å². The van der Waals surface area contributed by atoms with Crippen molar-refractivity contribution in [3.8, 4) is 0 Å². The molecule has 0 aliphatic rings. The van der Waals surface area contributed by atoms with Gasteiger partial charge in [-0.1, -0.05) is 45.0 Å². The van der Waals surface area contributed by atoms with Crippen LogP contribution in [0.15, 0.2) is 35.4 Å². The maximum Gasteiger partial charge on any atom is 0.186 e. The van der Waals surface area contributed by atoms with Crippen molar-refractivity contribution in [2.75, 3.05) is 5.43 Å². The Bertz CT molecular complexity index is 705. The highest BCUT2D eigenvalue weighted by Crippen LogP contribution is 2.24. The lowest BCUT2D eigenvalue weighted by atomic mass is 9.87. The number of hydrazone groups is 1. The Labute approximate surface area is 131 Å². The van der Waals surface area contributed by atoms with Gasteiger partial charge in [-0.05, 0) is 16.5 Å². The number of nitrogens with one attached hydrogen (secondary N) is 1. The van der Waals surface area contributed by atoms with Gasteiger partial charge >= 0.3 is 0 Å². The molecule has 0 spiro atoms. The van der Waals surface area contributed by atoms with E-state index in [0.29, 0.717) is 5.56 Å². The number of hydrogen-bond donors (Lipinski definition) is 1. The molecule has 122 valence electrons. The number of hydrogen-bond acceptors (Lipinski definition) is 2.